The topological polar surface area (TPSA) is 73.2 Å². The van der Waals surface area contributed by atoms with Crippen LogP contribution in [0.2, 0.25) is 0 Å². The number of rotatable bonds is 7. The highest BCUT2D eigenvalue weighted by molar-refractivity contribution is 7.91. The number of ether oxygens (including phenoxy) is 1. The highest BCUT2D eigenvalue weighted by Crippen LogP contribution is 2.16. The Labute approximate surface area is 114 Å². The van der Waals surface area contributed by atoms with Crippen LogP contribution >= 0.6 is 0 Å². The third kappa shape index (κ3) is 4.21. The van der Waals surface area contributed by atoms with Crippen LogP contribution in [0.15, 0.2) is 12.4 Å². The number of anilines is 1. The minimum Gasteiger partial charge on any atom is -0.382 e. The summed E-state index contributed by atoms with van der Waals surface area (Å²) in [4.78, 5) is 4.24. The van der Waals surface area contributed by atoms with E-state index in [1.807, 2.05) is 17.7 Å². The van der Waals surface area contributed by atoms with Gasteiger partial charge in [-0.25, -0.2) is 13.4 Å². The lowest BCUT2D eigenvalue weighted by atomic mass is 10.3. The lowest BCUT2D eigenvalue weighted by Crippen LogP contribution is -2.23. The zero-order valence-electron chi connectivity index (χ0n) is 11.2. The maximum Gasteiger partial charge on any atom is 0.203 e. The molecular weight excluding hydrogens is 266 g/mol. The molecule has 7 heteroatoms. The van der Waals surface area contributed by atoms with Gasteiger partial charge in [-0.3, -0.25) is 0 Å². The Morgan fingerprint density at radius 3 is 3.11 bits per heavy atom. The summed E-state index contributed by atoms with van der Waals surface area (Å²) in [6, 6.07) is -0.0157. The molecule has 108 valence electrons. The second-order valence-electron chi connectivity index (χ2n) is 4.74. The number of imidazole rings is 1. The van der Waals surface area contributed by atoms with Crippen molar-refractivity contribution >= 4 is 15.8 Å². The van der Waals surface area contributed by atoms with E-state index < -0.39 is 9.84 Å². The van der Waals surface area contributed by atoms with Crippen LogP contribution in [0, 0.1) is 0 Å². The van der Waals surface area contributed by atoms with Crippen molar-refractivity contribution in [2.45, 2.75) is 32.4 Å². The van der Waals surface area contributed by atoms with Crippen molar-refractivity contribution in [2.24, 2.45) is 0 Å². The van der Waals surface area contributed by atoms with Crippen molar-refractivity contribution < 1.29 is 13.2 Å². The minimum absolute atomic E-state index is 0.0157. The molecule has 1 aliphatic heterocycles. The minimum atomic E-state index is -2.86. The Balaban J connectivity index is 1.86. The van der Waals surface area contributed by atoms with Crippen LogP contribution in [0.1, 0.15) is 19.8 Å². The van der Waals surface area contributed by atoms with Gasteiger partial charge in [0.25, 0.3) is 0 Å². The fraction of sp³-hybridized carbons (Fsp3) is 0.750. The van der Waals surface area contributed by atoms with E-state index in [4.69, 9.17) is 4.74 Å². The van der Waals surface area contributed by atoms with Crippen molar-refractivity contribution in [2.75, 3.05) is 30.0 Å². The van der Waals surface area contributed by atoms with E-state index in [9.17, 15) is 8.42 Å². The average molecular weight is 287 g/mol. The molecular formula is C12H21N3O3S. The molecule has 2 heterocycles. The van der Waals surface area contributed by atoms with Gasteiger partial charge in [0.1, 0.15) is 0 Å². The van der Waals surface area contributed by atoms with E-state index in [1.54, 1.807) is 6.20 Å². The quantitative estimate of drug-likeness (QED) is 0.755. The molecule has 0 spiro atoms. The second-order valence-corrected chi connectivity index (χ2v) is 6.97. The number of hydrogen-bond acceptors (Lipinski definition) is 5. The summed E-state index contributed by atoms with van der Waals surface area (Å²) in [6.07, 6.45) is 5.21. The predicted octanol–water partition coefficient (Wildman–Crippen LogP) is 0.909. The van der Waals surface area contributed by atoms with Gasteiger partial charge in [-0.1, -0.05) is 0 Å². The molecule has 1 saturated heterocycles. The van der Waals surface area contributed by atoms with Gasteiger partial charge < -0.3 is 14.6 Å². The Bertz CT molecular complexity index is 498. The Kier molecular flexibility index (Phi) is 4.81. The zero-order chi connectivity index (χ0) is 13.7. The third-order valence-corrected chi connectivity index (χ3v) is 4.94. The number of hydrogen-bond donors (Lipinski definition) is 1. The Morgan fingerprint density at radius 1 is 1.58 bits per heavy atom. The van der Waals surface area contributed by atoms with Crippen LogP contribution in [0.5, 0.6) is 0 Å². The molecule has 0 aliphatic carbocycles. The molecule has 6 nitrogen and oxygen atoms in total. The Morgan fingerprint density at radius 2 is 2.42 bits per heavy atom. The SMILES string of the molecule is CCOCCCn1ccnc1NC1CCS(=O)(=O)C1. The summed E-state index contributed by atoms with van der Waals surface area (Å²) in [6.45, 7) is 4.26. The van der Waals surface area contributed by atoms with Crippen LogP contribution < -0.4 is 5.32 Å². The highest BCUT2D eigenvalue weighted by Gasteiger charge is 2.28. The molecule has 1 N–H and O–H groups in total. The molecule has 2 rings (SSSR count). The number of nitrogens with zero attached hydrogens (tertiary/aromatic N) is 2. The number of sulfone groups is 1. The molecule has 1 unspecified atom stereocenters. The first-order valence-electron chi connectivity index (χ1n) is 6.66. The molecule has 0 bridgehead atoms. The van der Waals surface area contributed by atoms with Gasteiger partial charge in [0.15, 0.2) is 9.84 Å². The smallest absolute Gasteiger partial charge is 0.203 e. The molecule has 0 amide bonds. The fourth-order valence-corrected chi connectivity index (χ4v) is 3.88. The summed E-state index contributed by atoms with van der Waals surface area (Å²) >= 11 is 0. The monoisotopic (exact) mass is 287 g/mol. The standard InChI is InChI=1S/C12H21N3O3S/c1-2-18-8-3-6-15-7-5-13-12(15)14-11-4-9-19(16,17)10-11/h5,7,11H,2-4,6,8-10H2,1H3,(H,13,14). The Hall–Kier alpha value is -1.08. The molecule has 1 aromatic rings. The van der Waals surface area contributed by atoms with Gasteiger partial charge in [-0.05, 0) is 19.8 Å². The normalized spacial score (nSPS) is 21.6. The number of nitrogens with one attached hydrogen (secondary N) is 1. The van der Waals surface area contributed by atoms with Gasteiger partial charge in [0.05, 0.1) is 11.5 Å². The van der Waals surface area contributed by atoms with E-state index in [2.05, 4.69) is 10.3 Å². The molecule has 1 fully saturated rings. The van der Waals surface area contributed by atoms with Crippen LogP contribution in [-0.4, -0.2) is 48.7 Å². The maximum absolute atomic E-state index is 11.4. The zero-order valence-corrected chi connectivity index (χ0v) is 12.0. The third-order valence-electron chi connectivity index (χ3n) is 3.17. The van der Waals surface area contributed by atoms with Gasteiger partial charge >= 0.3 is 0 Å². The first-order valence-corrected chi connectivity index (χ1v) is 8.48. The van der Waals surface area contributed by atoms with E-state index in [0.717, 1.165) is 32.1 Å². The van der Waals surface area contributed by atoms with Crippen molar-refractivity contribution in [3.05, 3.63) is 12.4 Å². The lowest BCUT2D eigenvalue weighted by Gasteiger charge is -2.13. The molecule has 1 atom stereocenters. The molecule has 1 aromatic heterocycles. The summed E-state index contributed by atoms with van der Waals surface area (Å²) in [5.41, 5.74) is 0. The van der Waals surface area contributed by atoms with Crippen molar-refractivity contribution in [1.82, 2.24) is 9.55 Å². The summed E-state index contributed by atoms with van der Waals surface area (Å²) in [5, 5.41) is 3.22. The van der Waals surface area contributed by atoms with Gasteiger partial charge in [0.2, 0.25) is 5.95 Å². The van der Waals surface area contributed by atoms with Crippen molar-refractivity contribution in [3.63, 3.8) is 0 Å². The highest BCUT2D eigenvalue weighted by atomic mass is 32.2. The van der Waals surface area contributed by atoms with E-state index in [0.29, 0.717) is 6.42 Å². The fourth-order valence-electron chi connectivity index (χ4n) is 2.20. The lowest BCUT2D eigenvalue weighted by molar-refractivity contribution is 0.142. The largest absolute Gasteiger partial charge is 0.382 e. The van der Waals surface area contributed by atoms with Crippen LogP contribution in [0.25, 0.3) is 0 Å². The summed E-state index contributed by atoms with van der Waals surface area (Å²) < 4.78 is 30.1. The van der Waals surface area contributed by atoms with Gasteiger partial charge in [-0.15, -0.1) is 0 Å². The number of aryl methyl sites for hydroxylation is 1. The number of aromatic nitrogens is 2. The van der Waals surface area contributed by atoms with Gasteiger partial charge in [0, 0.05) is 38.2 Å². The van der Waals surface area contributed by atoms with E-state index in [-0.39, 0.29) is 17.5 Å². The van der Waals surface area contributed by atoms with Crippen LogP contribution in [0.4, 0.5) is 5.95 Å². The summed E-state index contributed by atoms with van der Waals surface area (Å²) in [7, 11) is -2.86. The van der Waals surface area contributed by atoms with Crippen molar-refractivity contribution in [1.29, 1.82) is 0 Å². The van der Waals surface area contributed by atoms with E-state index in [1.165, 1.54) is 0 Å². The first-order chi connectivity index (χ1) is 9.11. The van der Waals surface area contributed by atoms with Crippen LogP contribution in [0.3, 0.4) is 0 Å². The second kappa shape index (κ2) is 6.38. The van der Waals surface area contributed by atoms with Crippen molar-refractivity contribution in [3.8, 4) is 0 Å². The van der Waals surface area contributed by atoms with Gasteiger partial charge in [-0.2, -0.15) is 0 Å². The van der Waals surface area contributed by atoms with E-state index >= 15 is 0 Å². The van der Waals surface area contributed by atoms with Crippen LogP contribution in [-0.2, 0) is 21.1 Å². The molecule has 0 saturated carbocycles. The molecule has 1 aliphatic rings. The predicted molar refractivity (Wildman–Crippen MR) is 74.0 cm³/mol. The average Bonchev–Trinajstić information content (AvgIpc) is 2.92. The molecule has 0 aromatic carbocycles. The maximum atomic E-state index is 11.4. The molecule has 19 heavy (non-hydrogen) atoms. The molecule has 0 radical (unpaired) electrons. The summed E-state index contributed by atoms with van der Waals surface area (Å²) in [5.74, 6) is 1.23. The first kappa shape index (κ1) is 14.3.